The first-order valence-corrected chi connectivity index (χ1v) is 7.00. The summed E-state index contributed by atoms with van der Waals surface area (Å²) in [7, 11) is 2.13. The molecule has 0 spiro atoms. The Morgan fingerprint density at radius 3 is 2.95 bits per heavy atom. The van der Waals surface area contributed by atoms with Crippen LogP contribution in [0.4, 0.5) is 5.69 Å². The molecule has 0 radical (unpaired) electrons. The minimum Gasteiger partial charge on any atom is -0.324 e. The third-order valence-electron chi connectivity index (χ3n) is 3.48. The highest BCUT2D eigenvalue weighted by atomic mass is 35.5. The number of benzene rings is 1. The van der Waals surface area contributed by atoms with Crippen molar-refractivity contribution in [1.29, 1.82) is 0 Å². The van der Waals surface area contributed by atoms with Gasteiger partial charge in [-0.1, -0.05) is 23.7 Å². The highest BCUT2D eigenvalue weighted by Gasteiger charge is 2.20. The molecule has 104 valence electrons. The van der Waals surface area contributed by atoms with Crippen LogP contribution in [0.2, 0.25) is 5.02 Å². The van der Waals surface area contributed by atoms with Gasteiger partial charge in [0.25, 0.3) is 0 Å². The summed E-state index contributed by atoms with van der Waals surface area (Å²) in [4.78, 5) is 14.1. The number of likely N-dealkylation sites (N-methyl/N-ethyl adjacent to an activating group) is 1. The fourth-order valence-corrected chi connectivity index (χ4v) is 2.53. The molecule has 1 amide bonds. The summed E-state index contributed by atoms with van der Waals surface area (Å²) < 4.78 is 0. The lowest BCUT2D eigenvalue weighted by Crippen LogP contribution is -2.38. The van der Waals surface area contributed by atoms with Crippen LogP contribution in [0.1, 0.15) is 12.8 Å². The molecule has 0 aromatic heterocycles. The number of nitrogens with one attached hydrogen (secondary N) is 2. The van der Waals surface area contributed by atoms with Gasteiger partial charge in [0.15, 0.2) is 0 Å². The second kappa shape index (κ2) is 6.89. The summed E-state index contributed by atoms with van der Waals surface area (Å²) >= 11 is 5.98. The maximum Gasteiger partial charge on any atom is 0.238 e. The molecule has 1 aromatic rings. The molecule has 1 aromatic carbocycles. The van der Waals surface area contributed by atoms with Crippen molar-refractivity contribution in [3.05, 3.63) is 29.3 Å². The van der Waals surface area contributed by atoms with Gasteiger partial charge in [-0.3, -0.25) is 4.79 Å². The van der Waals surface area contributed by atoms with Gasteiger partial charge in [0.05, 0.1) is 17.3 Å². The second-order valence-electron chi connectivity index (χ2n) is 4.94. The Morgan fingerprint density at radius 1 is 1.47 bits per heavy atom. The van der Waals surface area contributed by atoms with Crippen molar-refractivity contribution in [2.24, 2.45) is 0 Å². The van der Waals surface area contributed by atoms with Crippen LogP contribution in [0.15, 0.2) is 24.3 Å². The SMILES string of the molecule is CN1CCCC1CNCC(=O)Nc1ccccc1Cl. The molecule has 4 nitrogen and oxygen atoms in total. The van der Waals surface area contributed by atoms with Crippen LogP contribution < -0.4 is 10.6 Å². The van der Waals surface area contributed by atoms with Gasteiger partial charge < -0.3 is 15.5 Å². The predicted octanol–water partition coefficient (Wildman–Crippen LogP) is 1.96. The smallest absolute Gasteiger partial charge is 0.238 e. The maximum atomic E-state index is 11.8. The minimum atomic E-state index is -0.0613. The van der Waals surface area contributed by atoms with Gasteiger partial charge in [-0.2, -0.15) is 0 Å². The summed E-state index contributed by atoms with van der Waals surface area (Å²) in [5, 5.41) is 6.56. The fourth-order valence-electron chi connectivity index (χ4n) is 2.35. The van der Waals surface area contributed by atoms with Gasteiger partial charge in [0.1, 0.15) is 0 Å². The van der Waals surface area contributed by atoms with Crippen LogP contribution in [0.3, 0.4) is 0 Å². The summed E-state index contributed by atoms with van der Waals surface area (Å²) in [6.45, 7) is 2.32. The van der Waals surface area contributed by atoms with Gasteiger partial charge in [-0.25, -0.2) is 0 Å². The standard InChI is InChI=1S/C14H20ClN3O/c1-18-8-4-5-11(18)9-16-10-14(19)17-13-7-3-2-6-12(13)15/h2-3,6-7,11,16H,4-5,8-10H2,1H3,(H,17,19). The summed E-state index contributed by atoms with van der Waals surface area (Å²) in [6, 6.07) is 7.80. The first-order chi connectivity index (χ1) is 9.16. The van der Waals surface area contributed by atoms with E-state index in [9.17, 15) is 4.79 Å². The first kappa shape index (κ1) is 14.3. The molecule has 2 rings (SSSR count). The third-order valence-corrected chi connectivity index (χ3v) is 3.81. The van der Waals surface area contributed by atoms with Crippen LogP contribution in [0.25, 0.3) is 0 Å². The number of halogens is 1. The zero-order chi connectivity index (χ0) is 13.7. The summed E-state index contributed by atoms with van der Waals surface area (Å²) in [6.07, 6.45) is 2.45. The van der Waals surface area contributed by atoms with Crippen LogP contribution >= 0.6 is 11.6 Å². The van der Waals surface area contributed by atoms with Gasteiger partial charge >= 0.3 is 0 Å². The Bertz CT molecular complexity index is 438. The van der Waals surface area contributed by atoms with Gasteiger partial charge in [0, 0.05) is 12.6 Å². The lowest BCUT2D eigenvalue weighted by atomic mass is 10.2. The molecule has 2 N–H and O–H groups in total. The lowest BCUT2D eigenvalue weighted by molar-refractivity contribution is -0.115. The quantitative estimate of drug-likeness (QED) is 0.867. The van der Waals surface area contributed by atoms with E-state index < -0.39 is 0 Å². The molecule has 1 unspecified atom stereocenters. The van der Waals surface area contributed by atoms with E-state index in [0.29, 0.717) is 23.3 Å². The van der Waals surface area contributed by atoms with E-state index in [1.165, 1.54) is 12.8 Å². The highest BCUT2D eigenvalue weighted by molar-refractivity contribution is 6.33. The average molecular weight is 282 g/mol. The van der Waals surface area contributed by atoms with E-state index in [0.717, 1.165) is 13.1 Å². The molecule has 5 heteroatoms. The fraction of sp³-hybridized carbons (Fsp3) is 0.500. The Morgan fingerprint density at radius 2 is 2.26 bits per heavy atom. The molecule has 0 saturated carbocycles. The molecule has 1 saturated heterocycles. The zero-order valence-corrected chi connectivity index (χ0v) is 11.9. The Hall–Kier alpha value is -1.10. The second-order valence-corrected chi connectivity index (χ2v) is 5.34. The molecule has 0 aliphatic carbocycles. The molecule has 19 heavy (non-hydrogen) atoms. The van der Waals surface area contributed by atoms with Crippen LogP contribution in [0.5, 0.6) is 0 Å². The van der Waals surface area contributed by atoms with Crippen LogP contribution in [-0.4, -0.2) is 43.5 Å². The van der Waals surface area contributed by atoms with Crippen molar-refractivity contribution in [3.63, 3.8) is 0 Å². The minimum absolute atomic E-state index is 0.0613. The molecule has 1 atom stereocenters. The van der Waals surface area contributed by atoms with Gasteiger partial charge in [0.2, 0.25) is 5.91 Å². The number of amides is 1. The molecule has 1 fully saturated rings. The van der Waals surface area contributed by atoms with Crippen molar-refractivity contribution < 1.29 is 4.79 Å². The van der Waals surface area contributed by atoms with E-state index in [4.69, 9.17) is 11.6 Å². The number of hydrogen-bond donors (Lipinski definition) is 2. The van der Waals surface area contributed by atoms with Gasteiger partial charge in [-0.05, 0) is 38.6 Å². The van der Waals surface area contributed by atoms with Gasteiger partial charge in [-0.15, -0.1) is 0 Å². The monoisotopic (exact) mass is 281 g/mol. The zero-order valence-electron chi connectivity index (χ0n) is 11.2. The lowest BCUT2D eigenvalue weighted by Gasteiger charge is -2.19. The van der Waals surface area contributed by atoms with E-state index in [1.807, 2.05) is 12.1 Å². The summed E-state index contributed by atoms with van der Waals surface area (Å²) in [5.74, 6) is -0.0613. The third kappa shape index (κ3) is 4.20. The Labute approximate surface area is 119 Å². The molecule has 1 aliphatic rings. The van der Waals surface area contributed by atoms with E-state index in [-0.39, 0.29) is 5.91 Å². The predicted molar refractivity (Wildman–Crippen MR) is 78.6 cm³/mol. The van der Waals surface area contributed by atoms with Crippen molar-refractivity contribution >= 4 is 23.2 Å². The van der Waals surface area contributed by atoms with E-state index in [2.05, 4.69) is 22.6 Å². The van der Waals surface area contributed by atoms with E-state index in [1.54, 1.807) is 12.1 Å². The topological polar surface area (TPSA) is 44.4 Å². The van der Waals surface area contributed by atoms with Crippen molar-refractivity contribution in [2.45, 2.75) is 18.9 Å². The number of carbonyl (C=O) groups is 1. The normalized spacial score (nSPS) is 19.6. The number of likely N-dealkylation sites (tertiary alicyclic amines) is 1. The van der Waals surface area contributed by atoms with Crippen molar-refractivity contribution in [2.75, 3.05) is 32.0 Å². The van der Waals surface area contributed by atoms with Crippen molar-refractivity contribution in [3.8, 4) is 0 Å². The number of anilines is 1. The highest BCUT2D eigenvalue weighted by Crippen LogP contribution is 2.20. The van der Waals surface area contributed by atoms with Crippen molar-refractivity contribution in [1.82, 2.24) is 10.2 Å². The molecule has 1 heterocycles. The van der Waals surface area contributed by atoms with Crippen LogP contribution in [-0.2, 0) is 4.79 Å². The molecule has 1 aliphatic heterocycles. The molecule has 0 bridgehead atoms. The Balaban J connectivity index is 1.72. The van der Waals surface area contributed by atoms with E-state index >= 15 is 0 Å². The Kier molecular flexibility index (Phi) is 5.19. The average Bonchev–Trinajstić information content (AvgIpc) is 2.78. The maximum absolute atomic E-state index is 11.8. The van der Waals surface area contributed by atoms with Crippen LogP contribution in [0, 0.1) is 0 Å². The molecular formula is C14H20ClN3O. The largest absolute Gasteiger partial charge is 0.324 e. The number of para-hydroxylation sites is 1. The molecular weight excluding hydrogens is 262 g/mol. The summed E-state index contributed by atoms with van der Waals surface area (Å²) in [5.41, 5.74) is 0.661. The number of rotatable bonds is 5. The number of hydrogen-bond acceptors (Lipinski definition) is 3. The number of nitrogens with zero attached hydrogens (tertiary/aromatic N) is 1. The first-order valence-electron chi connectivity index (χ1n) is 6.62. The number of carbonyl (C=O) groups excluding carboxylic acids is 1.